The Bertz CT molecular complexity index is 1140. The number of pyridine rings is 1. The Morgan fingerprint density at radius 2 is 1.82 bits per heavy atom. The van der Waals surface area contributed by atoms with E-state index in [2.05, 4.69) is 54.8 Å². The molecule has 0 bridgehead atoms. The lowest BCUT2D eigenvalue weighted by molar-refractivity contribution is -0.0961. The topological polar surface area (TPSA) is 94.8 Å². The first kappa shape index (κ1) is 24.7. The first-order chi connectivity index (χ1) is 15.6. The largest absolute Gasteiger partial charge is 0.434 e. The summed E-state index contributed by atoms with van der Waals surface area (Å²) in [5, 5.41) is 0. The molecule has 2 aromatic heterocycles. The van der Waals surface area contributed by atoms with E-state index in [0.29, 0.717) is 17.3 Å². The second-order valence-electron chi connectivity index (χ2n) is 8.04. The van der Waals surface area contributed by atoms with Gasteiger partial charge in [-0.3, -0.25) is 14.8 Å². The SMILES string of the molecule is CC(C)c1ccc2c(c1)CCC2.NN/C(=C(\N)c1ccnc(-c2cn(S)cn2)c1)C(F)(F)F. The van der Waals surface area contributed by atoms with Gasteiger partial charge in [0.05, 0.1) is 11.4 Å². The van der Waals surface area contributed by atoms with Crippen molar-refractivity contribution in [3.05, 3.63) is 77.0 Å². The second-order valence-corrected chi connectivity index (χ2v) is 8.50. The van der Waals surface area contributed by atoms with Crippen molar-refractivity contribution in [1.29, 1.82) is 0 Å². The van der Waals surface area contributed by atoms with E-state index in [4.69, 9.17) is 11.6 Å². The number of aromatic nitrogens is 3. The molecule has 0 amide bonds. The maximum Gasteiger partial charge on any atom is 0.434 e. The Labute approximate surface area is 196 Å². The zero-order chi connectivity index (χ0) is 24.2. The lowest BCUT2D eigenvalue weighted by atomic mass is 9.99. The van der Waals surface area contributed by atoms with E-state index < -0.39 is 17.6 Å². The molecule has 0 spiro atoms. The van der Waals surface area contributed by atoms with Gasteiger partial charge < -0.3 is 11.2 Å². The van der Waals surface area contributed by atoms with E-state index in [9.17, 15) is 13.2 Å². The van der Waals surface area contributed by atoms with Crippen molar-refractivity contribution in [2.24, 2.45) is 11.6 Å². The highest BCUT2D eigenvalue weighted by Crippen LogP contribution is 2.29. The molecule has 4 rings (SSSR count). The molecule has 0 unspecified atom stereocenters. The molecule has 1 aliphatic rings. The van der Waals surface area contributed by atoms with Crippen LogP contribution in [0.1, 0.15) is 48.4 Å². The molecule has 0 radical (unpaired) electrons. The smallest absolute Gasteiger partial charge is 0.397 e. The van der Waals surface area contributed by atoms with Gasteiger partial charge in [0.2, 0.25) is 0 Å². The molecular formula is C23H27F3N6S. The maximum absolute atomic E-state index is 12.8. The summed E-state index contributed by atoms with van der Waals surface area (Å²) in [7, 11) is 0. The summed E-state index contributed by atoms with van der Waals surface area (Å²) in [5.41, 5.74) is 11.0. The van der Waals surface area contributed by atoms with Crippen molar-refractivity contribution >= 4 is 18.5 Å². The molecule has 0 aliphatic heterocycles. The predicted octanol–water partition coefficient (Wildman–Crippen LogP) is 4.59. The zero-order valence-corrected chi connectivity index (χ0v) is 19.3. The van der Waals surface area contributed by atoms with E-state index in [1.165, 1.54) is 53.5 Å². The van der Waals surface area contributed by atoms with Crippen LogP contribution in [0.25, 0.3) is 17.1 Å². The molecule has 1 aromatic carbocycles. The summed E-state index contributed by atoms with van der Waals surface area (Å²) in [6.45, 7) is 4.52. The number of benzene rings is 1. The summed E-state index contributed by atoms with van der Waals surface area (Å²) < 4.78 is 39.7. The lowest BCUT2D eigenvalue weighted by Gasteiger charge is -2.14. The second kappa shape index (κ2) is 10.3. The number of aryl methyl sites for hydroxylation is 2. The molecule has 3 aromatic rings. The van der Waals surface area contributed by atoms with E-state index in [1.54, 1.807) is 22.7 Å². The number of alkyl halides is 3. The number of hydrazine groups is 1. The van der Waals surface area contributed by atoms with Crippen molar-refractivity contribution in [3.8, 4) is 11.4 Å². The van der Waals surface area contributed by atoms with Gasteiger partial charge in [0.25, 0.3) is 0 Å². The van der Waals surface area contributed by atoms with Gasteiger partial charge >= 0.3 is 6.18 Å². The fraction of sp³-hybridized carbons (Fsp3) is 0.304. The van der Waals surface area contributed by atoms with Gasteiger partial charge in [0.1, 0.15) is 12.0 Å². The Morgan fingerprint density at radius 1 is 1.09 bits per heavy atom. The first-order valence-electron chi connectivity index (χ1n) is 10.5. The molecule has 6 nitrogen and oxygen atoms in total. The number of thiol groups is 1. The van der Waals surface area contributed by atoms with Gasteiger partial charge in [-0.2, -0.15) is 13.2 Å². The van der Waals surface area contributed by atoms with Crippen molar-refractivity contribution in [2.75, 3.05) is 0 Å². The molecule has 0 atom stereocenters. The van der Waals surface area contributed by atoms with E-state index in [1.807, 2.05) is 0 Å². The number of halogens is 3. The van der Waals surface area contributed by atoms with E-state index in [-0.39, 0.29) is 5.56 Å². The maximum atomic E-state index is 12.8. The van der Waals surface area contributed by atoms with Crippen LogP contribution < -0.4 is 17.0 Å². The number of nitrogens with zero attached hydrogens (tertiary/aromatic N) is 3. The molecule has 0 saturated heterocycles. The lowest BCUT2D eigenvalue weighted by Crippen LogP contribution is -2.34. The standard InChI is InChI=1S/C12H16.C11H11F3N6S/c1-9(2)11-7-6-10-4-3-5-12(10)8-11;12-11(13,14)10(19-16)9(15)6-1-2-17-7(3-6)8-4-20(21)5-18-8/h6-9H,3-5H2,1-2H3;1-5,19,21H,15-16H2/b;10-9-. The number of nitrogens with one attached hydrogen (secondary N) is 1. The molecule has 176 valence electrons. The predicted molar refractivity (Wildman–Crippen MR) is 127 cm³/mol. The molecule has 10 heteroatoms. The van der Waals surface area contributed by atoms with Crippen LogP contribution in [0.15, 0.2) is 54.7 Å². The van der Waals surface area contributed by atoms with Crippen LogP contribution in [-0.2, 0) is 12.8 Å². The average molecular weight is 477 g/mol. The summed E-state index contributed by atoms with van der Waals surface area (Å²) in [6, 6.07) is 9.73. The molecule has 33 heavy (non-hydrogen) atoms. The van der Waals surface area contributed by atoms with Gasteiger partial charge in [-0.15, -0.1) is 0 Å². The van der Waals surface area contributed by atoms with Crippen LogP contribution in [-0.4, -0.2) is 20.1 Å². The van der Waals surface area contributed by atoms with Crippen LogP contribution in [0.3, 0.4) is 0 Å². The number of imidazole rings is 1. The number of fused-ring (bicyclic) bond motifs is 1. The summed E-state index contributed by atoms with van der Waals surface area (Å²) >= 11 is 4.02. The highest BCUT2D eigenvalue weighted by Gasteiger charge is 2.36. The molecule has 0 saturated carbocycles. The van der Waals surface area contributed by atoms with Crippen molar-refractivity contribution in [1.82, 2.24) is 19.4 Å². The minimum atomic E-state index is -4.69. The number of hydrogen-bond donors (Lipinski definition) is 4. The van der Waals surface area contributed by atoms with E-state index in [0.717, 1.165) is 0 Å². The monoisotopic (exact) mass is 476 g/mol. The quantitative estimate of drug-likeness (QED) is 0.251. The third-order valence-corrected chi connectivity index (χ3v) is 5.61. The molecular weight excluding hydrogens is 449 g/mol. The Morgan fingerprint density at radius 3 is 2.42 bits per heavy atom. The van der Waals surface area contributed by atoms with Gasteiger partial charge in [-0.1, -0.05) is 44.9 Å². The van der Waals surface area contributed by atoms with Crippen molar-refractivity contribution in [3.63, 3.8) is 0 Å². The minimum Gasteiger partial charge on any atom is -0.397 e. The normalized spacial score (nSPS) is 13.8. The Hall–Kier alpha value is -2.98. The highest BCUT2D eigenvalue weighted by atomic mass is 32.1. The number of allylic oxidation sites excluding steroid dienone is 1. The van der Waals surface area contributed by atoms with Crippen molar-refractivity contribution in [2.45, 2.75) is 45.2 Å². The summed E-state index contributed by atoms with van der Waals surface area (Å²) in [4.78, 5) is 8.04. The molecule has 5 N–H and O–H groups in total. The fourth-order valence-corrected chi connectivity index (χ4v) is 3.75. The zero-order valence-electron chi connectivity index (χ0n) is 18.4. The number of hydrogen-bond acceptors (Lipinski definition) is 6. The highest BCUT2D eigenvalue weighted by molar-refractivity contribution is 7.78. The third kappa shape index (κ3) is 6.08. The minimum absolute atomic E-state index is 0.124. The van der Waals surface area contributed by atoms with Crippen LogP contribution in [0, 0.1) is 0 Å². The van der Waals surface area contributed by atoms with Crippen LogP contribution >= 0.6 is 12.8 Å². The molecule has 1 aliphatic carbocycles. The Balaban J connectivity index is 0.000000215. The Kier molecular flexibility index (Phi) is 7.70. The van der Waals surface area contributed by atoms with Gasteiger partial charge in [0, 0.05) is 18.0 Å². The van der Waals surface area contributed by atoms with Gasteiger partial charge in [-0.25, -0.2) is 4.98 Å². The van der Waals surface area contributed by atoms with Gasteiger partial charge in [0.15, 0.2) is 5.70 Å². The van der Waals surface area contributed by atoms with Crippen molar-refractivity contribution < 1.29 is 13.2 Å². The van der Waals surface area contributed by atoms with E-state index >= 15 is 0 Å². The van der Waals surface area contributed by atoms with Crippen LogP contribution in [0.4, 0.5) is 13.2 Å². The molecule has 0 fully saturated rings. The number of nitrogens with two attached hydrogens (primary N) is 2. The third-order valence-electron chi connectivity index (χ3n) is 5.39. The average Bonchev–Trinajstić information content (AvgIpc) is 3.42. The van der Waals surface area contributed by atoms with Gasteiger partial charge in [-0.05, 0) is 54.0 Å². The number of rotatable bonds is 4. The summed E-state index contributed by atoms with van der Waals surface area (Å²) in [6.07, 6.45) is 3.59. The van der Waals surface area contributed by atoms with Crippen LogP contribution in [0.5, 0.6) is 0 Å². The summed E-state index contributed by atoms with van der Waals surface area (Å²) in [5.74, 6) is 5.58. The van der Waals surface area contributed by atoms with Crippen LogP contribution in [0.2, 0.25) is 0 Å². The molecule has 2 heterocycles. The first-order valence-corrected chi connectivity index (χ1v) is 10.9. The fourth-order valence-electron chi connectivity index (χ4n) is 3.59.